The highest BCUT2D eigenvalue weighted by molar-refractivity contribution is 14.1. The summed E-state index contributed by atoms with van der Waals surface area (Å²) in [5.74, 6) is 0.255. The molecule has 0 fully saturated rings. The van der Waals surface area contributed by atoms with Crippen LogP contribution in [0.3, 0.4) is 0 Å². The minimum absolute atomic E-state index is 0.124. The van der Waals surface area contributed by atoms with Crippen LogP contribution >= 0.6 is 45.8 Å². The SMILES string of the molecule is O=C(COc1ccc(I)cc1)N/N=C/c1cccc(Cl)c1Cl. The van der Waals surface area contributed by atoms with Crippen molar-refractivity contribution in [2.75, 3.05) is 6.61 Å². The molecular weight excluding hydrogens is 438 g/mol. The maximum absolute atomic E-state index is 11.6. The number of halogens is 3. The number of hydrogen-bond donors (Lipinski definition) is 1. The number of hydrazone groups is 1. The van der Waals surface area contributed by atoms with Gasteiger partial charge in [0, 0.05) is 9.13 Å². The van der Waals surface area contributed by atoms with Gasteiger partial charge in [-0.25, -0.2) is 5.43 Å². The highest BCUT2D eigenvalue weighted by Gasteiger charge is 2.03. The molecule has 0 heterocycles. The summed E-state index contributed by atoms with van der Waals surface area (Å²) in [6.45, 7) is -0.124. The summed E-state index contributed by atoms with van der Waals surface area (Å²) in [5, 5.41) is 4.64. The zero-order valence-electron chi connectivity index (χ0n) is 11.2. The molecule has 2 rings (SSSR count). The van der Waals surface area contributed by atoms with Crippen LogP contribution in [-0.4, -0.2) is 18.7 Å². The van der Waals surface area contributed by atoms with Crippen LogP contribution in [0.2, 0.25) is 10.0 Å². The summed E-state index contributed by atoms with van der Waals surface area (Å²) in [7, 11) is 0. The molecule has 0 aromatic heterocycles. The summed E-state index contributed by atoms with van der Waals surface area (Å²) in [5.41, 5.74) is 2.98. The first-order valence-corrected chi connectivity index (χ1v) is 8.04. The van der Waals surface area contributed by atoms with Crippen LogP contribution in [0.5, 0.6) is 5.75 Å². The van der Waals surface area contributed by atoms with Crippen molar-refractivity contribution in [3.8, 4) is 5.75 Å². The molecular formula is C15H11Cl2IN2O2. The predicted molar refractivity (Wildman–Crippen MR) is 96.9 cm³/mol. The summed E-state index contributed by atoms with van der Waals surface area (Å²) in [6, 6.07) is 12.5. The van der Waals surface area contributed by atoms with Gasteiger partial charge >= 0.3 is 0 Å². The average Bonchev–Trinajstić information content (AvgIpc) is 2.51. The molecule has 0 spiro atoms. The first kappa shape index (κ1) is 17.1. The van der Waals surface area contributed by atoms with E-state index in [1.807, 2.05) is 12.1 Å². The molecule has 0 aliphatic heterocycles. The van der Waals surface area contributed by atoms with E-state index in [2.05, 4.69) is 33.1 Å². The summed E-state index contributed by atoms with van der Waals surface area (Å²) >= 11 is 14.1. The Labute approximate surface area is 151 Å². The predicted octanol–water partition coefficient (Wildman–Crippen LogP) is 4.13. The molecule has 4 nitrogen and oxygen atoms in total. The van der Waals surface area contributed by atoms with Gasteiger partial charge in [-0.15, -0.1) is 0 Å². The molecule has 0 saturated heterocycles. The summed E-state index contributed by atoms with van der Waals surface area (Å²) in [6.07, 6.45) is 1.43. The van der Waals surface area contributed by atoms with Crippen molar-refractivity contribution in [1.29, 1.82) is 0 Å². The zero-order chi connectivity index (χ0) is 15.9. The normalized spacial score (nSPS) is 10.7. The van der Waals surface area contributed by atoms with Crippen molar-refractivity contribution < 1.29 is 9.53 Å². The van der Waals surface area contributed by atoms with E-state index in [1.165, 1.54) is 6.21 Å². The maximum Gasteiger partial charge on any atom is 0.277 e. The fourth-order valence-corrected chi connectivity index (χ4v) is 2.22. The number of hydrogen-bond acceptors (Lipinski definition) is 3. The number of nitrogens with one attached hydrogen (secondary N) is 1. The average molecular weight is 449 g/mol. The van der Waals surface area contributed by atoms with Gasteiger partial charge < -0.3 is 4.74 Å². The van der Waals surface area contributed by atoms with E-state index in [0.29, 0.717) is 21.4 Å². The van der Waals surface area contributed by atoms with Crippen LogP contribution in [0.25, 0.3) is 0 Å². The maximum atomic E-state index is 11.6. The van der Waals surface area contributed by atoms with Crippen molar-refractivity contribution in [3.63, 3.8) is 0 Å². The first-order valence-electron chi connectivity index (χ1n) is 6.20. The highest BCUT2D eigenvalue weighted by atomic mass is 127. The molecule has 1 amide bonds. The van der Waals surface area contributed by atoms with E-state index in [4.69, 9.17) is 27.9 Å². The largest absolute Gasteiger partial charge is 0.484 e. The second-order valence-electron chi connectivity index (χ2n) is 4.18. The van der Waals surface area contributed by atoms with Gasteiger partial charge in [-0.1, -0.05) is 35.3 Å². The van der Waals surface area contributed by atoms with Crippen LogP contribution in [0, 0.1) is 3.57 Å². The van der Waals surface area contributed by atoms with Gasteiger partial charge in [-0.05, 0) is 52.9 Å². The smallest absolute Gasteiger partial charge is 0.277 e. The molecule has 2 aromatic rings. The molecule has 0 saturated carbocycles. The van der Waals surface area contributed by atoms with Gasteiger partial charge in [0.1, 0.15) is 5.75 Å². The first-order chi connectivity index (χ1) is 10.6. The van der Waals surface area contributed by atoms with E-state index in [1.54, 1.807) is 30.3 Å². The lowest BCUT2D eigenvalue weighted by molar-refractivity contribution is -0.123. The van der Waals surface area contributed by atoms with Crippen molar-refractivity contribution in [3.05, 3.63) is 61.6 Å². The Balaban J connectivity index is 1.83. The fourth-order valence-electron chi connectivity index (χ4n) is 1.51. The second kappa shape index (κ2) is 8.36. The van der Waals surface area contributed by atoms with E-state index < -0.39 is 0 Å². The molecule has 114 valence electrons. The van der Waals surface area contributed by atoms with Gasteiger partial charge in [0.2, 0.25) is 0 Å². The Bertz CT molecular complexity index is 690. The Kier molecular flexibility index (Phi) is 6.48. The molecule has 7 heteroatoms. The van der Waals surface area contributed by atoms with Crippen LogP contribution in [-0.2, 0) is 4.79 Å². The lowest BCUT2D eigenvalue weighted by Gasteiger charge is -2.05. The number of nitrogens with zero attached hydrogens (tertiary/aromatic N) is 1. The van der Waals surface area contributed by atoms with Gasteiger partial charge in [-0.3, -0.25) is 4.79 Å². The number of benzene rings is 2. The van der Waals surface area contributed by atoms with Crippen molar-refractivity contribution in [2.45, 2.75) is 0 Å². The van der Waals surface area contributed by atoms with Crippen molar-refractivity contribution in [1.82, 2.24) is 5.43 Å². The number of carbonyl (C=O) groups excluding carboxylic acids is 1. The molecule has 22 heavy (non-hydrogen) atoms. The molecule has 2 aromatic carbocycles. The van der Waals surface area contributed by atoms with Gasteiger partial charge in [0.15, 0.2) is 6.61 Å². The third-order valence-electron chi connectivity index (χ3n) is 2.56. The van der Waals surface area contributed by atoms with E-state index >= 15 is 0 Å². The Morgan fingerprint density at radius 2 is 1.95 bits per heavy atom. The molecule has 0 aliphatic carbocycles. The monoisotopic (exact) mass is 448 g/mol. The molecule has 0 aliphatic rings. The Hall–Kier alpha value is -1.31. The quantitative estimate of drug-likeness (QED) is 0.424. The lowest BCUT2D eigenvalue weighted by Crippen LogP contribution is -2.24. The van der Waals surface area contributed by atoms with Crippen molar-refractivity contribution in [2.24, 2.45) is 5.10 Å². The van der Waals surface area contributed by atoms with E-state index in [0.717, 1.165) is 3.57 Å². The number of ether oxygens (including phenoxy) is 1. The Morgan fingerprint density at radius 3 is 2.68 bits per heavy atom. The van der Waals surface area contributed by atoms with Crippen LogP contribution in [0.4, 0.5) is 0 Å². The third kappa shape index (κ3) is 5.15. The molecule has 0 radical (unpaired) electrons. The van der Waals surface area contributed by atoms with Crippen molar-refractivity contribution >= 4 is 57.9 Å². The number of amides is 1. The second-order valence-corrected chi connectivity index (χ2v) is 6.21. The minimum Gasteiger partial charge on any atom is -0.484 e. The molecule has 0 atom stereocenters. The summed E-state index contributed by atoms with van der Waals surface area (Å²) < 4.78 is 6.43. The van der Waals surface area contributed by atoms with Crippen LogP contribution in [0.1, 0.15) is 5.56 Å². The van der Waals surface area contributed by atoms with Crippen LogP contribution in [0.15, 0.2) is 47.6 Å². The standard InChI is InChI=1S/C15H11Cl2IN2O2/c16-13-3-1-2-10(15(13)17)8-19-20-14(21)9-22-12-6-4-11(18)5-7-12/h1-8H,9H2,(H,20,21)/b19-8+. The van der Waals surface area contributed by atoms with Gasteiger partial charge in [0.05, 0.1) is 16.3 Å². The fraction of sp³-hybridized carbons (Fsp3) is 0.0667. The number of rotatable bonds is 5. The molecule has 0 bridgehead atoms. The lowest BCUT2D eigenvalue weighted by atomic mass is 10.2. The van der Waals surface area contributed by atoms with E-state index in [-0.39, 0.29) is 12.5 Å². The number of carbonyl (C=O) groups is 1. The molecule has 0 unspecified atom stereocenters. The third-order valence-corrected chi connectivity index (χ3v) is 4.11. The van der Waals surface area contributed by atoms with Crippen LogP contribution < -0.4 is 10.2 Å². The highest BCUT2D eigenvalue weighted by Crippen LogP contribution is 2.24. The topological polar surface area (TPSA) is 50.7 Å². The van der Waals surface area contributed by atoms with Gasteiger partial charge in [0.25, 0.3) is 5.91 Å². The zero-order valence-corrected chi connectivity index (χ0v) is 14.9. The molecule has 1 N–H and O–H groups in total. The minimum atomic E-state index is -0.368. The summed E-state index contributed by atoms with van der Waals surface area (Å²) in [4.78, 5) is 11.6. The van der Waals surface area contributed by atoms with E-state index in [9.17, 15) is 4.79 Å². The Morgan fingerprint density at radius 1 is 1.23 bits per heavy atom. The van der Waals surface area contributed by atoms with Gasteiger partial charge in [-0.2, -0.15) is 5.10 Å².